The quantitative estimate of drug-likeness (QED) is 0.200. The number of furan rings is 1. The molecule has 0 bridgehead atoms. The molecule has 0 saturated carbocycles. The molecule has 2 aromatic heterocycles. The Kier molecular flexibility index (Phi) is 7.61. The van der Waals surface area contributed by atoms with Crippen molar-refractivity contribution in [3.8, 4) is 11.3 Å². The number of esters is 1. The van der Waals surface area contributed by atoms with Gasteiger partial charge in [0, 0.05) is 21.0 Å². The summed E-state index contributed by atoms with van der Waals surface area (Å²) >= 11 is 6.39. The number of carbonyl (C=O) groups is 1. The van der Waals surface area contributed by atoms with Crippen LogP contribution in [0.15, 0.2) is 95.5 Å². The average Bonchev–Trinajstić information content (AvgIpc) is 3.47. The number of ether oxygens (including phenoxy) is 1. The summed E-state index contributed by atoms with van der Waals surface area (Å²) in [4.78, 5) is 33.3. The van der Waals surface area contributed by atoms with Crippen LogP contribution in [0.25, 0.3) is 17.4 Å². The molecule has 1 aliphatic rings. The van der Waals surface area contributed by atoms with Gasteiger partial charge in [0.15, 0.2) is 4.80 Å². The fraction of sp³-hybridized carbons (Fsp3) is 0.207. The number of carbonyl (C=O) groups excluding carboxylic acids is 1. The maximum atomic E-state index is 13.8. The Balaban J connectivity index is 1.63. The molecule has 1 aliphatic heterocycles. The van der Waals surface area contributed by atoms with Gasteiger partial charge in [-0.3, -0.25) is 9.36 Å². The highest BCUT2D eigenvalue weighted by Crippen LogP contribution is 2.32. The Bertz CT molecular complexity index is 1730. The van der Waals surface area contributed by atoms with Crippen LogP contribution in [0.5, 0.6) is 0 Å². The number of thioether (sulfide) groups is 1. The highest BCUT2D eigenvalue weighted by molar-refractivity contribution is 9.10. The van der Waals surface area contributed by atoms with Gasteiger partial charge in [-0.1, -0.05) is 51.5 Å². The zero-order valence-electron chi connectivity index (χ0n) is 21.2. The van der Waals surface area contributed by atoms with E-state index in [1.165, 1.54) is 11.3 Å². The molecule has 2 aromatic carbocycles. The van der Waals surface area contributed by atoms with Crippen LogP contribution in [0, 0.1) is 0 Å². The molecule has 0 radical (unpaired) electrons. The molecule has 5 rings (SSSR count). The molecular weight excluding hydrogens is 584 g/mol. The molecule has 9 heteroatoms. The number of benzene rings is 2. The second-order valence-corrected chi connectivity index (χ2v) is 11.8. The van der Waals surface area contributed by atoms with Crippen molar-refractivity contribution in [2.24, 2.45) is 4.99 Å². The average molecular weight is 610 g/mol. The number of halogens is 1. The van der Waals surface area contributed by atoms with Crippen molar-refractivity contribution in [1.29, 1.82) is 0 Å². The first-order valence-corrected chi connectivity index (χ1v) is 14.8. The predicted molar refractivity (Wildman–Crippen MR) is 155 cm³/mol. The summed E-state index contributed by atoms with van der Waals surface area (Å²) in [6, 6.07) is 18.8. The van der Waals surface area contributed by atoms with Crippen LogP contribution in [0.2, 0.25) is 0 Å². The molecule has 0 N–H and O–H groups in total. The summed E-state index contributed by atoms with van der Waals surface area (Å²) in [5, 5.41) is 0. The summed E-state index contributed by atoms with van der Waals surface area (Å²) in [6.45, 7) is 5.39. The minimum Gasteiger partial charge on any atom is -0.459 e. The predicted octanol–water partition coefficient (Wildman–Crippen LogP) is 5.93. The van der Waals surface area contributed by atoms with Crippen LogP contribution in [0.1, 0.15) is 38.1 Å². The van der Waals surface area contributed by atoms with Gasteiger partial charge in [-0.15, -0.1) is 11.8 Å². The lowest BCUT2D eigenvalue weighted by Gasteiger charge is -2.25. The van der Waals surface area contributed by atoms with Crippen LogP contribution in [0.3, 0.4) is 0 Å². The number of aromatic nitrogens is 1. The summed E-state index contributed by atoms with van der Waals surface area (Å²) in [5.41, 5.74) is 2.41. The Hall–Kier alpha value is -3.14. The topological polar surface area (TPSA) is 73.8 Å². The molecule has 194 valence electrons. The number of nitrogens with zero attached hydrogens (tertiary/aromatic N) is 2. The Morgan fingerprint density at radius 2 is 1.95 bits per heavy atom. The third kappa shape index (κ3) is 5.23. The monoisotopic (exact) mass is 608 g/mol. The van der Waals surface area contributed by atoms with Crippen molar-refractivity contribution in [3.63, 3.8) is 0 Å². The fourth-order valence-corrected chi connectivity index (χ4v) is 6.15. The summed E-state index contributed by atoms with van der Waals surface area (Å²) in [6.07, 6.45) is 3.43. The lowest BCUT2D eigenvalue weighted by molar-refractivity contribution is -0.143. The highest BCUT2D eigenvalue weighted by Gasteiger charge is 2.33. The Labute approximate surface area is 236 Å². The van der Waals surface area contributed by atoms with Crippen LogP contribution in [0.4, 0.5) is 0 Å². The van der Waals surface area contributed by atoms with Gasteiger partial charge in [-0.25, -0.2) is 9.79 Å². The maximum Gasteiger partial charge on any atom is 0.338 e. The number of hydrogen-bond acceptors (Lipinski definition) is 7. The lowest BCUT2D eigenvalue weighted by atomic mass is 9.96. The van der Waals surface area contributed by atoms with Crippen LogP contribution in [-0.2, 0) is 9.53 Å². The van der Waals surface area contributed by atoms with Gasteiger partial charge in [0.1, 0.15) is 11.5 Å². The van der Waals surface area contributed by atoms with E-state index in [2.05, 4.69) is 20.9 Å². The van der Waals surface area contributed by atoms with Gasteiger partial charge in [0.25, 0.3) is 5.56 Å². The second kappa shape index (κ2) is 10.9. The third-order valence-corrected chi connectivity index (χ3v) is 8.24. The normalized spacial score (nSPS) is 15.5. The van der Waals surface area contributed by atoms with Crippen molar-refractivity contribution in [2.45, 2.75) is 37.8 Å². The molecule has 0 saturated heterocycles. The van der Waals surface area contributed by atoms with Gasteiger partial charge in [0.2, 0.25) is 0 Å². The molecule has 3 heterocycles. The van der Waals surface area contributed by atoms with Gasteiger partial charge in [-0.2, -0.15) is 0 Å². The summed E-state index contributed by atoms with van der Waals surface area (Å²) in [5.74, 6) is 0.784. The second-order valence-electron chi connectivity index (χ2n) is 9.02. The van der Waals surface area contributed by atoms with E-state index in [1.54, 1.807) is 43.2 Å². The molecule has 6 nitrogen and oxygen atoms in total. The molecule has 0 fully saturated rings. The van der Waals surface area contributed by atoms with Crippen molar-refractivity contribution < 1.29 is 13.9 Å². The molecule has 4 aromatic rings. The van der Waals surface area contributed by atoms with E-state index < -0.39 is 12.0 Å². The number of thiazole rings is 1. The standard InChI is InChI=1S/C29H25BrN2O4S2/c1-16(2)35-28(34)25-17(3)31-29-32(26(25)18-8-11-22(37-4)12-9-18)27(33)24(38-29)15-21-10-13-23(36-21)19-6-5-7-20(30)14-19/h5-16,26H,1-4H3/b24-15-/t26-/m1/s1. The van der Waals surface area contributed by atoms with Gasteiger partial charge in [0.05, 0.1) is 27.9 Å². The van der Waals surface area contributed by atoms with E-state index in [4.69, 9.17) is 9.15 Å². The smallest absolute Gasteiger partial charge is 0.338 e. The van der Waals surface area contributed by atoms with Gasteiger partial charge >= 0.3 is 5.97 Å². The molecule has 0 spiro atoms. The van der Waals surface area contributed by atoms with E-state index in [0.717, 1.165) is 20.5 Å². The molecule has 38 heavy (non-hydrogen) atoms. The van der Waals surface area contributed by atoms with Gasteiger partial charge in [-0.05, 0) is 69.0 Å². The van der Waals surface area contributed by atoms with E-state index in [1.807, 2.05) is 66.9 Å². The SMILES string of the molecule is CSc1ccc([C@@H]2C(C(=O)OC(C)C)=C(C)N=c3s/c(=C\c4ccc(-c5cccc(Br)c5)o4)c(=O)n32)cc1. The first-order valence-electron chi connectivity index (χ1n) is 12.0. The number of fused-ring (bicyclic) bond motifs is 1. The third-order valence-electron chi connectivity index (χ3n) is 6.03. The summed E-state index contributed by atoms with van der Waals surface area (Å²) < 4.78 is 14.6. The van der Waals surface area contributed by atoms with Crippen molar-refractivity contribution in [3.05, 3.63) is 107 Å². The first kappa shape index (κ1) is 26.5. The van der Waals surface area contributed by atoms with E-state index in [-0.39, 0.29) is 11.7 Å². The van der Waals surface area contributed by atoms with E-state index >= 15 is 0 Å². The molecule has 0 unspecified atom stereocenters. The fourth-order valence-electron chi connectivity index (χ4n) is 4.32. The van der Waals surface area contributed by atoms with Crippen molar-refractivity contribution in [1.82, 2.24) is 4.57 Å². The first-order chi connectivity index (χ1) is 18.2. The highest BCUT2D eigenvalue weighted by atomic mass is 79.9. The van der Waals surface area contributed by atoms with E-state index in [9.17, 15) is 9.59 Å². The zero-order chi connectivity index (χ0) is 27.0. The largest absolute Gasteiger partial charge is 0.459 e. The minimum absolute atomic E-state index is 0.240. The molecule has 0 aliphatic carbocycles. The maximum absolute atomic E-state index is 13.8. The van der Waals surface area contributed by atoms with Crippen molar-refractivity contribution in [2.75, 3.05) is 6.26 Å². The van der Waals surface area contributed by atoms with Crippen LogP contribution < -0.4 is 14.9 Å². The number of hydrogen-bond donors (Lipinski definition) is 0. The lowest BCUT2D eigenvalue weighted by Crippen LogP contribution is -2.40. The minimum atomic E-state index is -0.649. The number of rotatable bonds is 6. The number of allylic oxidation sites excluding steroid dienone is 1. The zero-order valence-corrected chi connectivity index (χ0v) is 24.4. The van der Waals surface area contributed by atoms with Crippen LogP contribution in [-0.4, -0.2) is 22.9 Å². The molecular formula is C29H25BrN2O4S2. The van der Waals surface area contributed by atoms with E-state index in [0.29, 0.717) is 32.1 Å². The Morgan fingerprint density at radius 3 is 2.63 bits per heavy atom. The molecule has 1 atom stereocenters. The summed E-state index contributed by atoms with van der Waals surface area (Å²) in [7, 11) is 0. The Morgan fingerprint density at radius 1 is 1.18 bits per heavy atom. The van der Waals surface area contributed by atoms with Gasteiger partial charge < -0.3 is 9.15 Å². The molecule has 0 amide bonds. The van der Waals surface area contributed by atoms with Crippen LogP contribution >= 0.6 is 39.0 Å². The van der Waals surface area contributed by atoms with Crippen molar-refractivity contribution >= 4 is 51.1 Å².